The Kier molecular flexibility index (Phi) is 6.71. The van der Waals surface area contributed by atoms with Crippen LogP contribution in [-0.4, -0.2) is 31.2 Å². The molecular formula is C19H15F6N3. The van der Waals surface area contributed by atoms with Crippen LogP contribution in [0.1, 0.15) is 22.3 Å². The zero-order valence-corrected chi connectivity index (χ0v) is 14.3. The molecule has 0 saturated heterocycles. The van der Waals surface area contributed by atoms with Crippen molar-refractivity contribution in [3.63, 3.8) is 0 Å². The number of alkyl halides is 6. The lowest BCUT2D eigenvalue weighted by Crippen LogP contribution is -2.07. The minimum atomic E-state index is -4.40. The normalized spacial score (nSPS) is 12.8. The lowest BCUT2D eigenvalue weighted by molar-refractivity contribution is -0.138. The van der Waals surface area contributed by atoms with Gasteiger partial charge in [-0.25, -0.2) is 0 Å². The lowest BCUT2D eigenvalue weighted by atomic mass is 10.1. The molecule has 1 N–H and O–H groups in total. The third kappa shape index (κ3) is 6.64. The molecule has 0 aromatic heterocycles. The molecule has 28 heavy (non-hydrogen) atoms. The smallest absolute Gasteiger partial charge is 0.306 e. The summed E-state index contributed by atoms with van der Waals surface area (Å²) in [6, 6.07) is 8.89. The first-order valence-electron chi connectivity index (χ1n) is 7.96. The molecule has 0 aliphatic rings. The van der Waals surface area contributed by atoms with Crippen LogP contribution in [-0.2, 0) is 12.4 Å². The highest BCUT2D eigenvalue weighted by molar-refractivity contribution is 5.90. The average Bonchev–Trinajstić information content (AvgIpc) is 2.61. The number of rotatable bonds is 6. The molecule has 0 radical (unpaired) electrons. The maximum absolute atomic E-state index is 12.5. The fourth-order valence-electron chi connectivity index (χ4n) is 2.09. The quantitative estimate of drug-likeness (QED) is 0.508. The molecular weight excluding hydrogens is 384 g/mol. The van der Waals surface area contributed by atoms with Gasteiger partial charge in [-0.2, -0.15) is 26.3 Å². The van der Waals surface area contributed by atoms with E-state index in [1.165, 1.54) is 36.7 Å². The van der Waals surface area contributed by atoms with Crippen LogP contribution < -0.4 is 0 Å². The van der Waals surface area contributed by atoms with Crippen molar-refractivity contribution in [3.8, 4) is 0 Å². The highest BCUT2D eigenvalue weighted by Gasteiger charge is 2.30. The molecule has 0 atom stereocenters. The largest absolute Gasteiger partial charge is 0.416 e. The van der Waals surface area contributed by atoms with Gasteiger partial charge in [0.25, 0.3) is 0 Å². The van der Waals surface area contributed by atoms with Crippen molar-refractivity contribution in [1.29, 1.82) is 5.41 Å². The van der Waals surface area contributed by atoms with Crippen LogP contribution in [0.15, 0.2) is 58.5 Å². The van der Waals surface area contributed by atoms with E-state index in [1.807, 2.05) is 0 Å². The molecule has 0 saturated carbocycles. The SMILES string of the molecule is N=C(CN=Cc1ccc(C(F)(F)F)cc1)CN=Cc1ccc(C(F)(F)F)cc1. The second-order valence-electron chi connectivity index (χ2n) is 5.78. The van der Waals surface area contributed by atoms with Crippen LogP contribution in [0, 0.1) is 5.41 Å². The summed E-state index contributed by atoms with van der Waals surface area (Å²) in [7, 11) is 0. The molecule has 0 unspecified atom stereocenters. The topological polar surface area (TPSA) is 48.6 Å². The molecule has 0 heterocycles. The lowest BCUT2D eigenvalue weighted by Gasteiger charge is -2.05. The van der Waals surface area contributed by atoms with Crippen LogP contribution >= 0.6 is 0 Å². The van der Waals surface area contributed by atoms with Gasteiger partial charge in [0, 0.05) is 12.4 Å². The van der Waals surface area contributed by atoms with E-state index in [4.69, 9.17) is 5.41 Å². The molecule has 148 valence electrons. The average molecular weight is 399 g/mol. The fraction of sp³-hybridized carbons (Fsp3) is 0.211. The second kappa shape index (κ2) is 8.81. The predicted octanol–water partition coefficient (Wildman–Crippen LogP) is 5.28. The highest BCUT2D eigenvalue weighted by Crippen LogP contribution is 2.29. The van der Waals surface area contributed by atoms with Crippen molar-refractivity contribution in [1.82, 2.24) is 0 Å². The van der Waals surface area contributed by atoms with Crippen LogP contribution in [0.5, 0.6) is 0 Å². The summed E-state index contributed by atoms with van der Waals surface area (Å²) < 4.78 is 74.8. The summed E-state index contributed by atoms with van der Waals surface area (Å²) >= 11 is 0. The molecule has 2 aromatic rings. The predicted molar refractivity (Wildman–Crippen MR) is 95.5 cm³/mol. The van der Waals surface area contributed by atoms with E-state index in [-0.39, 0.29) is 18.8 Å². The Balaban J connectivity index is 1.82. The summed E-state index contributed by atoms with van der Waals surface area (Å²) in [5.41, 5.74) is -0.431. The molecule has 2 aromatic carbocycles. The minimum Gasteiger partial charge on any atom is -0.306 e. The summed E-state index contributed by atoms with van der Waals surface area (Å²) in [6.45, 7) is 0.0107. The second-order valence-corrected chi connectivity index (χ2v) is 5.78. The summed E-state index contributed by atoms with van der Waals surface area (Å²) in [4.78, 5) is 7.94. The van der Waals surface area contributed by atoms with Gasteiger partial charge in [-0.05, 0) is 35.4 Å². The Morgan fingerprint density at radius 2 is 1.00 bits per heavy atom. The van der Waals surface area contributed by atoms with E-state index in [9.17, 15) is 26.3 Å². The Morgan fingerprint density at radius 1 is 0.679 bits per heavy atom. The third-order valence-corrected chi connectivity index (χ3v) is 3.52. The molecule has 0 spiro atoms. The zero-order valence-electron chi connectivity index (χ0n) is 14.3. The minimum absolute atomic E-state index is 0.00533. The maximum Gasteiger partial charge on any atom is 0.416 e. The Labute approximate surface area is 157 Å². The maximum atomic E-state index is 12.5. The molecule has 9 heteroatoms. The Hall–Kier alpha value is -2.97. The number of halogens is 6. The molecule has 0 amide bonds. The molecule has 0 fully saturated rings. The van der Waals surface area contributed by atoms with Gasteiger partial charge in [-0.15, -0.1) is 0 Å². The van der Waals surface area contributed by atoms with Gasteiger partial charge in [0.05, 0.1) is 29.9 Å². The van der Waals surface area contributed by atoms with Gasteiger partial charge in [0.1, 0.15) is 0 Å². The summed E-state index contributed by atoms with van der Waals surface area (Å²) in [6.07, 6.45) is -6.09. The number of nitrogens with one attached hydrogen (secondary N) is 1. The van der Waals surface area contributed by atoms with Crippen LogP contribution in [0.2, 0.25) is 0 Å². The number of nitrogens with zero attached hydrogens (tertiary/aromatic N) is 2. The highest BCUT2D eigenvalue weighted by atomic mass is 19.4. The molecule has 3 nitrogen and oxygen atoms in total. The van der Waals surface area contributed by atoms with Crippen molar-refractivity contribution in [2.24, 2.45) is 9.98 Å². The van der Waals surface area contributed by atoms with Crippen molar-refractivity contribution in [2.45, 2.75) is 12.4 Å². The van der Waals surface area contributed by atoms with E-state index in [1.54, 1.807) is 0 Å². The standard InChI is InChI=1S/C19H15F6N3/c20-18(21,22)15-5-1-13(2-6-15)9-27-11-17(26)12-28-10-14-3-7-16(8-4-14)19(23,24)25/h1-10,26H,11-12H2. The monoisotopic (exact) mass is 399 g/mol. The number of aliphatic imine (C=N–C) groups is 2. The van der Waals surface area contributed by atoms with Crippen LogP contribution in [0.4, 0.5) is 26.3 Å². The van der Waals surface area contributed by atoms with Crippen LogP contribution in [0.25, 0.3) is 0 Å². The molecule has 2 rings (SSSR count). The van der Waals surface area contributed by atoms with Crippen LogP contribution in [0.3, 0.4) is 0 Å². The van der Waals surface area contributed by atoms with Gasteiger partial charge < -0.3 is 5.41 Å². The Morgan fingerprint density at radius 3 is 1.29 bits per heavy atom. The Bertz CT molecular complexity index is 776. The van der Waals surface area contributed by atoms with Crippen molar-refractivity contribution >= 4 is 18.1 Å². The first-order valence-corrected chi connectivity index (χ1v) is 7.96. The molecule has 0 aliphatic heterocycles. The first kappa shape index (κ1) is 21.3. The van der Waals surface area contributed by atoms with Gasteiger partial charge >= 0.3 is 12.4 Å². The van der Waals surface area contributed by atoms with Gasteiger partial charge in [0.2, 0.25) is 0 Å². The van der Waals surface area contributed by atoms with Gasteiger partial charge in [-0.3, -0.25) is 9.98 Å². The van der Waals surface area contributed by atoms with Gasteiger partial charge in [-0.1, -0.05) is 24.3 Å². The van der Waals surface area contributed by atoms with E-state index in [2.05, 4.69) is 9.98 Å². The van der Waals surface area contributed by atoms with Crippen molar-refractivity contribution < 1.29 is 26.3 Å². The van der Waals surface area contributed by atoms with E-state index >= 15 is 0 Å². The molecule has 0 bridgehead atoms. The van der Waals surface area contributed by atoms with Crippen molar-refractivity contribution in [3.05, 3.63) is 70.8 Å². The van der Waals surface area contributed by atoms with E-state index in [0.29, 0.717) is 11.1 Å². The number of hydrogen-bond acceptors (Lipinski definition) is 3. The third-order valence-electron chi connectivity index (χ3n) is 3.52. The first-order chi connectivity index (χ1) is 13.1. The van der Waals surface area contributed by atoms with E-state index < -0.39 is 23.5 Å². The number of hydrogen-bond donors (Lipinski definition) is 1. The van der Waals surface area contributed by atoms with Gasteiger partial charge in [0.15, 0.2) is 0 Å². The van der Waals surface area contributed by atoms with E-state index in [0.717, 1.165) is 24.3 Å². The molecule has 0 aliphatic carbocycles. The zero-order chi connectivity index (χ0) is 20.8. The summed E-state index contributed by atoms with van der Waals surface area (Å²) in [5, 5.41) is 7.73. The van der Waals surface area contributed by atoms with Crippen molar-refractivity contribution in [2.75, 3.05) is 13.1 Å². The number of benzene rings is 2. The fourth-order valence-corrected chi connectivity index (χ4v) is 2.09. The summed E-state index contributed by atoms with van der Waals surface area (Å²) in [5.74, 6) is 0.